The summed E-state index contributed by atoms with van der Waals surface area (Å²) in [6.07, 6.45) is 9.33. The smallest absolute Gasteiger partial charge is 0.307 e. The zero-order valence-electron chi connectivity index (χ0n) is 11.1. The molecule has 1 aliphatic carbocycles. The van der Waals surface area contributed by atoms with Gasteiger partial charge >= 0.3 is 5.97 Å². The number of rotatable bonds is 2. The Bertz CT molecular complexity index is 376. The van der Waals surface area contributed by atoms with E-state index in [1.54, 1.807) is 0 Å². The van der Waals surface area contributed by atoms with Crippen molar-refractivity contribution in [2.24, 2.45) is 0 Å². The first-order chi connectivity index (χ1) is 9.06. The lowest BCUT2D eigenvalue weighted by Crippen LogP contribution is -2.41. The number of ether oxygens (including phenoxy) is 1. The van der Waals surface area contributed by atoms with Crippen LogP contribution in [0.2, 0.25) is 0 Å². The van der Waals surface area contributed by atoms with Crippen molar-refractivity contribution in [2.75, 3.05) is 0 Å². The lowest BCUT2D eigenvalue weighted by molar-refractivity contribution is -0.140. The summed E-state index contributed by atoms with van der Waals surface area (Å²) in [5.74, 6) is -0.584. The Hall–Kier alpha value is -1.91. The molecular weight excluding hydrogens is 246 g/mol. The van der Waals surface area contributed by atoms with Crippen molar-refractivity contribution in [3.63, 3.8) is 0 Å². The number of carbonyl (C=O) groups is 3. The van der Waals surface area contributed by atoms with Crippen LogP contribution in [0, 0.1) is 0 Å². The van der Waals surface area contributed by atoms with Gasteiger partial charge in [-0.3, -0.25) is 19.3 Å². The fraction of sp³-hybridized carbons (Fsp3) is 0.500. The fourth-order valence-electron chi connectivity index (χ4n) is 2.23. The predicted molar refractivity (Wildman–Crippen MR) is 69.8 cm³/mol. The third-order valence-electron chi connectivity index (χ3n) is 3.03. The van der Waals surface area contributed by atoms with E-state index in [-0.39, 0.29) is 23.8 Å². The summed E-state index contributed by atoms with van der Waals surface area (Å²) in [5, 5.41) is 0. The SMILES string of the molecule is C=COC(C)=O.O=C1C=CC(=O)N1C1CCCCC1. The van der Waals surface area contributed by atoms with Crippen LogP contribution >= 0.6 is 0 Å². The zero-order valence-corrected chi connectivity index (χ0v) is 11.1. The van der Waals surface area contributed by atoms with E-state index in [2.05, 4.69) is 11.3 Å². The van der Waals surface area contributed by atoms with Crippen molar-refractivity contribution in [2.45, 2.75) is 45.1 Å². The maximum absolute atomic E-state index is 11.3. The molecule has 1 aliphatic heterocycles. The Morgan fingerprint density at radius 1 is 1.26 bits per heavy atom. The third-order valence-corrected chi connectivity index (χ3v) is 3.03. The molecule has 0 radical (unpaired) electrons. The summed E-state index contributed by atoms with van der Waals surface area (Å²) in [7, 11) is 0. The van der Waals surface area contributed by atoms with Gasteiger partial charge in [-0.1, -0.05) is 25.8 Å². The maximum atomic E-state index is 11.3. The number of hydrogen-bond donors (Lipinski definition) is 0. The van der Waals surface area contributed by atoms with Crippen molar-refractivity contribution in [1.82, 2.24) is 4.90 Å². The largest absolute Gasteiger partial charge is 0.435 e. The lowest BCUT2D eigenvalue weighted by atomic mass is 9.94. The Morgan fingerprint density at radius 3 is 2.16 bits per heavy atom. The predicted octanol–water partition coefficient (Wildman–Crippen LogP) is 1.94. The van der Waals surface area contributed by atoms with Crippen molar-refractivity contribution >= 4 is 17.8 Å². The quantitative estimate of drug-likeness (QED) is 0.435. The summed E-state index contributed by atoms with van der Waals surface area (Å²) >= 11 is 0. The second kappa shape index (κ2) is 7.51. The second-order valence-electron chi connectivity index (χ2n) is 4.45. The average Bonchev–Trinajstić information content (AvgIpc) is 2.71. The molecule has 0 spiro atoms. The van der Waals surface area contributed by atoms with Gasteiger partial charge in [0.15, 0.2) is 0 Å². The van der Waals surface area contributed by atoms with Crippen LogP contribution < -0.4 is 0 Å². The Morgan fingerprint density at radius 2 is 1.79 bits per heavy atom. The Kier molecular flexibility index (Phi) is 5.99. The van der Waals surface area contributed by atoms with Gasteiger partial charge in [-0.25, -0.2) is 0 Å². The van der Waals surface area contributed by atoms with Crippen LogP contribution in [0.25, 0.3) is 0 Å². The molecule has 2 amide bonds. The van der Waals surface area contributed by atoms with Crippen LogP contribution in [0.15, 0.2) is 25.0 Å². The number of esters is 1. The van der Waals surface area contributed by atoms with Crippen molar-refractivity contribution in [3.8, 4) is 0 Å². The summed E-state index contributed by atoms with van der Waals surface area (Å²) in [4.78, 5) is 33.8. The van der Waals surface area contributed by atoms with E-state index in [1.807, 2.05) is 0 Å². The van der Waals surface area contributed by atoms with E-state index in [0.29, 0.717) is 0 Å². The average molecular weight is 265 g/mol. The lowest BCUT2D eigenvalue weighted by Gasteiger charge is -2.29. The highest BCUT2D eigenvalue weighted by Gasteiger charge is 2.31. The number of nitrogens with zero attached hydrogens (tertiary/aromatic N) is 1. The Labute approximate surface area is 112 Å². The molecular formula is C14H19NO4. The van der Waals surface area contributed by atoms with Crippen molar-refractivity contribution in [1.29, 1.82) is 0 Å². The van der Waals surface area contributed by atoms with Gasteiger partial charge in [-0.05, 0) is 12.8 Å². The molecule has 1 heterocycles. The summed E-state index contributed by atoms with van der Waals surface area (Å²) in [5.41, 5.74) is 0. The number of carbonyl (C=O) groups excluding carboxylic acids is 3. The molecule has 1 fully saturated rings. The first-order valence-corrected chi connectivity index (χ1v) is 6.39. The highest BCUT2D eigenvalue weighted by Crippen LogP contribution is 2.24. The molecule has 5 heteroatoms. The van der Waals surface area contributed by atoms with Gasteiger partial charge in [0.2, 0.25) is 0 Å². The van der Waals surface area contributed by atoms with Crippen LogP contribution in [0.3, 0.4) is 0 Å². The van der Waals surface area contributed by atoms with Crippen LogP contribution in [-0.4, -0.2) is 28.7 Å². The Balaban J connectivity index is 0.000000258. The summed E-state index contributed by atoms with van der Waals surface area (Å²) < 4.78 is 4.17. The van der Waals surface area contributed by atoms with Crippen LogP contribution in [0.5, 0.6) is 0 Å². The molecule has 104 valence electrons. The van der Waals surface area contributed by atoms with Gasteiger partial charge in [0.25, 0.3) is 11.8 Å². The van der Waals surface area contributed by atoms with E-state index in [9.17, 15) is 14.4 Å². The van der Waals surface area contributed by atoms with E-state index < -0.39 is 0 Å². The van der Waals surface area contributed by atoms with Gasteiger partial charge < -0.3 is 4.74 Å². The van der Waals surface area contributed by atoms with Crippen LogP contribution in [-0.2, 0) is 19.1 Å². The number of imide groups is 1. The number of hydrogen-bond acceptors (Lipinski definition) is 4. The second-order valence-corrected chi connectivity index (χ2v) is 4.45. The topological polar surface area (TPSA) is 63.7 Å². The van der Waals surface area contributed by atoms with Crippen LogP contribution in [0.4, 0.5) is 0 Å². The van der Waals surface area contributed by atoms with Crippen LogP contribution in [0.1, 0.15) is 39.0 Å². The van der Waals surface area contributed by atoms with E-state index in [4.69, 9.17) is 0 Å². The molecule has 2 aliphatic rings. The highest BCUT2D eigenvalue weighted by molar-refractivity contribution is 6.13. The minimum atomic E-state index is -0.329. The van der Waals surface area contributed by atoms with Gasteiger partial charge in [0.1, 0.15) is 0 Å². The maximum Gasteiger partial charge on any atom is 0.307 e. The highest BCUT2D eigenvalue weighted by atomic mass is 16.5. The molecule has 2 rings (SSSR count). The molecule has 0 aromatic heterocycles. The van der Waals surface area contributed by atoms with Crippen molar-refractivity contribution < 1.29 is 19.1 Å². The number of amides is 2. The minimum Gasteiger partial charge on any atom is -0.435 e. The summed E-state index contributed by atoms with van der Waals surface area (Å²) in [6, 6.07) is 0.170. The molecule has 0 N–H and O–H groups in total. The molecule has 0 unspecified atom stereocenters. The molecule has 19 heavy (non-hydrogen) atoms. The zero-order chi connectivity index (χ0) is 14.3. The van der Waals surface area contributed by atoms with E-state index in [0.717, 1.165) is 31.9 Å². The van der Waals surface area contributed by atoms with E-state index >= 15 is 0 Å². The normalized spacial score (nSPS) is 18.9. The van der Waals surface area contributed by atoms with Gasteiger partial charge in [0.05, 0.1) is 6.26 Å². The van der Waals surface area contributed by atoms with Gasteiger partial charge in [-0.15, -0.1) is 0 Å². The van der Waals surface area contributed by atoms with Gasteiger partial charge in [-0.2, -0.15) is 0 Å². The standard InChI is InChI=1S/C10H13NO2.C4H6O2/c12-9-6-7-10(13)11(9)8-4-2-1-3-5-8;1-3-6-4(2)5/h6-8H,1-5H2;3H,1H2,2H3. The van der Waals surface area contributed by atoms with Crippen molar-refractivity contribution in [3.05, 3.63) is 25.0 Å². The minimum absolute atomic E-state index is 0.128. The molecule has 0 atom stereocenters. The monoisotopic (exact) mass is 265 g/mol. The summed E-state index contributed by atoms with van der Waals surface area (Å²) in [6.45, 7) is 4.48. The molecule has 0 bridgehead atoms. The first kappa shape index (κ1) is 15.1. The molecule has 5 nitrogen and oxygen atoms in total. The molecule has 0 aromatic carbocycles. The molecule has 0 aromatic rings. The molecule has 1 saturated carbocycles. The van der Waals surface area contributed by atoms with E-state index in [1.165, 1.54) is 30.4 Å². The molecule has 0 saturated heterocycles. The fourth-order valence-corrected chi connectivity index (χ4v) is 2.23. The third kappa shape index (κ3) is 4.69. The first-order valence-electron chi connectivity index (χ1n) is 6.39. The van der Waals surface area contributed by atoms with Gasteiger partial charge in [0, 0.05) is 25.1 Å².